The van der Waals surface area contributed by atoms with Crippen LogP contribution in [0.5, 0.6) is 11.5 Å². The van der Waals surface area contributed by atoms with Crippen molar-refractivity contribution in [3.63, 3.8) is 0 Å². The molecular weight excluding hydrogens is 468 g/mol. The number of aliphatic hydroxyl groups excluding tert-OH is 1. The Labute approximate surface area is 214 Å². The van der Waals surface area contributed by atoms with Crippen molar-refractivity contribution in [1.82, 2.24) is 4.98 Å². The molecule has 1 amide bonds. The average Bonchev–Trinajstić information content (AvgIpc) is 3.42. The molecule has 4 aromatic rings. The number of rotatable bonds is 7. The number of para-hydroxylation sites is 1. The number of ketones is 1. The lowest BCUT2D eigenvalue weighted by atomic mass is 9.94. The summed E-state index contributed by atoms with van der Waals surface area (Å²) in [6, 6.07) is 20.7. The number of aromatic nitrogens is 1. The number of amides is 1. The van der Waals surface area contributed by atoms with E-state index in [4.69, 9.17) is 9.47 Å². The minimum Gasteiger partial charge on any atom is -0.507 e. The predicted molar refractivity (Wildman–Crippen MR) is 143 cm³/mol. The van der Waals surface area contributed by atoms with Gasteiger partial charge in [-0.1, -0.05) is 24.3 Å². The van der Waals surface area contributed by atoms with Gasteiger partial charge in [0, 0.05) is 40.0 Å². The SMILES string of the molecule is CCOc1cccc(N2C(=O)C(=O)/C(=C(/O)c3ccc(OC(C)C)cc3)C2c2c[nH]c3ccccc23)c1. The third-order valence-corrected chi connectivity index (χ3v) is 6.27. The van der Waals surface area contributed by atoms with Crippen molar-refractivity contribution in [1.29, 1.82) is 0 Å². The number of benzene rings is 3. The maximum Gasteiger partial charge on any atom is 0.300 e. The monoisotopic (exact) mass is 496 g/mol. The molecule has 5 rings (SSSR count). The quantitative estimate of drug-likeness (QED) is 0.187. The Hall–Kier alpha value is -4.52. The number of carbonyl (C=O) groups excluding carboxylic acids is 2. The van der Waals surface area contributed by atoms with E-state index in [2.05, 4.69) is 4.98 Å². The number of hydrogen-bond acceptors (Lipinski definition) is 5. The van der Waals surface area contributed by atoms with Crippen LogP contribution in [0.25, 0.3) is 16.7 Å². The maximum absolute atomic E-state index is 13.5. The first-order valence-electron chi connectivity index (χ1n) is 12.3. The molecule has 7 heteroatoms. The Kier molecular flexibility index (Phi) is 6.44. The smallest absolute Gasteiger partial charge is 0.300 e. The van der Waals surface area contributed by atoms with Crippen LogP contribution in [0.15, 0.2) is 84.6 Å². The lowest BCUT2D eigenvalue weighted by molar-refractivity contribution is -0.132. The zero-order valence-corrected chi connectivity index (χ0v) is 20.9. The molecule has 0 saturated carbocycles. The molecule has 1 aromatic heterocycles. The van der Waals surface area contributed by atoms with Gasteiger partial charge in [0.1, 0.15) is 17.3 Å². The molecule has 1 saturated heterocycles. The van der Waals surface area contributed by atoms with Crippen molar-refractivity contribution < 1.29 is 24.2 Å². The van der Waals surface area contributed by atoms with Crippen LogP contribution in [0.3, 0.4) is 0 Å². The highest BCUT2D eigenvalue weighted by Gasteiger charge is 2.47. The van der Waals surface area contributed by atoms with Gasteiger partial charge >= 0.3 is 0 Å². The molecule has 188 valence electrons. The first kappa shape index (κ1) is 24.2. The topological polar surface area (TPSA) is 91.9 Å². The number of nitrogens with zero attached hydrogens (tertiary/aromatic N) is 1. The molecule has 2 N–H and O–H groups in total. The Balaban J connectivity index is 1.69. The second kappa shape index (κ2) is 9.85. The predicted octanol–water partition coefficient (Wildman–Crippen LogP) is 5.98. The van der Waals surface area contributed by atoms with E-state index < -0.39 is 17.7 Å². The van der Waals surface area contributed by atoms with Crippen LogP contribution in [0, 0.1) is 0 Å². The Morgan fingerprint density at radius 2 is 1.76 bits per heavy atom. The first-order chi connectivity index (χ1) is 17.9. The summed E-state index contributed by atoms with van der Waals surface area (Å²) in [6.07, 6.45) is 1.78. The first-order valence-corrected chi connectivity index (χ1v) is 12.3. The number of aromatic amines is 1. The molecule has 0 bridgehead atoms. The third-order valence-electron chi connectivity index (χ3n) is 6.27. The van der Waals surface area contributed by atoms with Crippen molar-refractivity contribution in [3.8, 4) is 11.5 Å². The number of Topliss-reactive ketones (excluding diaryl/α,β-unsaturated/α-hetero) is 1. The van der Waals surface area contributed by atoms with E-state index in [0.29, 0.717) is 34.9 Å². The molecule has 1 unspecified atom stereocenters. The van der Waals surface area contributed by atoms with E-state index >= 15 is 0 Å². The van der Waals surface area contributed by atoms with E-state index in [1.807, 2.05) is 45.0 Å². The van der Waals surface area contributed by atoms with Crippen LogP contribution >= 0.6 is 0 Å². The molecule has 0 radical (unpaired) electrons. The van der Waals surface area contributed by atoms with Gasteiger partial charge < -0.3 is 19.6 Å². The zero-order valence-electron chi connectivity index (χ0n) is 20.9. The van der Waals surface area contributed by atoms with Crippen LogP contribution in [0.4, 0.5) is 5.69 Å². The summed E-state index contributed by atoms with van der Waals surface area (Å²) in [6.45, 7) is 6.20. The summed E-state index contributed by atoms with van der Waals surface area (Å²) >= 11 is 0. The molecule has 37 heavy (non-hydrogen) atoms. The largest absolute Gasteiger partial charge is 0.507 e. The fourth-order valence-electron chi connectivity index (χ4n) is 4.72. The normalized spacial score (nSPS) is 17.1. The standard InChI is InChI=1S/C30H28N2O5/c1-4-36-22-9-7-8-20(16-22)32-27(24-17-31-25-11-6-5-10-23(24)25)26(29(34)30(32)35)28(33)19-12-14-21(15-13-19)37-18(2)3/h5-18,27,31,33H,4H2,1-3H3/b28-26+. The number of carbonyl (C=O) groups is 2. The molecule has 2 heterocycles. The molecule has 1 aliphatic heterocycles. The average molecular weight is 497 g/mol. The third kappa shape index (κ3) is 4.44. The lowest BCUT2D eigenvalue weighted by Crippen LogP contribution is -2.29. The van der Waals surface area contributed by atoms with Gasteiger partial charge in [0.25, 0.3) is 11.7 Å². The number of aliphatic hydroxyl groups is 1. The second-order valence-electron chi connectivity index (χ2n) is 9.08. The van der Waals surface area contributed by atoms with Crippen molar-refractivity contribution in [2.75, 3.05) is 11.5 Å². The van der Waals surface area contributed by atoms with E-state index in [1.54, 1.807) is 54.7 Å². The van der Waals surface area contributed by atoms with Crippen LogP contribution in [-0.4, -0.2) is 34.5 Å². The second-order valence-corrected chi connectivity index (χ2v) is 9.08. The Bertz CT molecular complexity index is 1500. The minimum absolute atomic E-state index is 0.000838. The number of nitrogens with one attached hydrogen (secondary N) is 1. The highest BCUT2D eigenvalue weighted by Crippen LogP contribution is 2.44. The van der Waals surface area contributed by atoms with Crippen molar-refractivity contribution in [2.45, 2.75) is 32.9 Å². The minimum atomic E-state index is -0.848. The van der Waals surface area contributed by atoms with Crippen LogP contribution in [0.2, 0.25) is 0 Å². The summed E-state index contributed by atoms with van der Waals surface area (Å²) in [5.41, 5.74) is 2.51. The van der Waals surface area contributed by atoms with E-state index in [1.165, 1.54) is 4.90 Å². The summed E-state index contributed by atoms with van der Waals surface area (Å²) in [7, 11) is 0. The van der Waals surface area contributed by atoms with Crippen LogP contribution < -0.4 is 14.4 Å². The summed E-state index contributed by atoms with van der Waals surface area (Å²) in [5, 5.41) is 12.3. The Morgan fingerprint density at radius 1 is 1.00 bits per heavy atom. The van der Waals surface area contributed by atoms with Gasteiger partial charge in [0.2, 0.25) is 0 Å². The highest BCUT2D eigenvalue weighted by atomic mass is 16.5. The molecule has 3 aromatic carbocycles. The fourth-order valence-corrected chi connectivity index (χ4v) is 4.72. The number of anilines is 1. The van der Waals surface area contributed by atoms with E-state index in [0.717, 1.165) is 10.9 Å². The summed E-state index contributed by atoms with van der Waals surface area (Å²) in [5.74, 6) is -0.483. The maximum atomic E-state index is 13.5. The Morgan fingerprint density at radius 3 is 2.49 bits per heavy atom. The molecule has 7 nitrogen and oxygen atoms in total. The van der Waals surface area contributed by atoms with Gasteiger partial charge in [0.05, 0.1) is 24.3 Å². The molecular formula is C30H28N2O5. The van der Waals surface area contributed by atoms with Gasteiger partial charge in [0.15, 0.2) is 0 Å². The molecule has 1 atom stereocenters. The zero-order chi connectivity index (χ0) is 26.1. The van der Waals surface area contributed by atoms with Gasteiger partial charge in [-0.15, -0.1) is 0 Å². The van der Waals surface area contributed by atoms with Crippen molar-refractivity contribution in [2.24, 2.45) is 0 Å². The van der Waals surface area contributed by atoms with Gasteiger partial charge in [-0.25, -0.2) is 0 Å². The van der Waals surface area contributed by atoms with E-state index in [-0.39, 0.29) is 17.4 Å². The number of fused-ring (bicyclic) bond motifs is 1. The van der Waals surface area contributed by atoms with Gasteiger partial charge in [-0.2, -0.15) is 0 Å². The number of H-pyrrole nitrogens is 1. The number of hydrogen-bond donors (Lipinski definition) is 2. The fraction of sp³-hybridized carbons (Fsp3) is 0.200. The molecule has 0 aliphatic carbocycles. The lowest BCUT2D eigenvalue weighted by Gasteiger charge is -2.25. The van der Waals surface area contributed by atoms with Crippen LogP contribution in [-0.2, 0) is 9.59 Å². The van der Waals surface area contributed by atoms with E-state index in [9.17, 15) is 14.7 Å². The molecule has 0 spiro atoms. The van der Waals surface area contributed by atoms with Gasteiger partial charge in [-0.3, -0.25) is 14.5 Å². The van der Waals surface area contributed by atoms with Crippen molar-refractivity contribution >= 4 is 34.0 Å². The van der Waals surface area contributed by atoms with Gasteiger partial charge in [-0.05, 0) is 63.2 Å². The molecule has 1 fully saturated rings. The summed E-state index contributed by atoms with van der Waals surface area (Å²) in [4.78, 5) is 31.7. The molecule has 1 aliphatic rings. The summed E-state index contributed by atoms with van der Waals surface area (Å²) < 4.78 is 11.3. The number of ether oxygens (including phenoxy) is 2. The van der Waals surface area contributed by atoms with Crippen molar-refractivity contribution in [3.05, 3.63) is 95.7 Å². The highest BCUT2D eigenvalue weighted by molar-refractivity contribution is 6.51. The van der Waals surface area contributed by atoms with Crippen LogP contribution in [0.1, 0.15) is 37.9 Å².